The van der Waals surface area contributed by atoms with Crippen molar-refractivity contribution in [2.75, 3.05) is 16.8 Å². The third-order valence-corrected chi connectivity index (χ3v) is 3.86. The maximum atomic E-state index is 12.7. The molecule has 0 saturated heterocycles. The van der Waals surface area contributed by atoms with E-state index in [0.717, 1.165) is 23.4 Å². The van der Waals surface area contributed by atoms with Crippen molar-refractivity contribution in [3.05, 3.63) is 23.8 Å². The number of ether oxygens (including phenoxy) is 1. The number of carbonyl (C=O) groups is 2. The van der Waals surface area contributed by atoms with Crippen LogP contribution in [-0.4, -0.2) is 30.6 Å². The lowest BCUT2D eigenvalue weighted by Crippen LogP contribution is -2.53. The first-order valence-corrected chi connectivity index (χ1v) is 7.86. The van der Waals surface area contributed by atoms with E-state index < -0.39 is 6.04 Å². The summed E-state index contributed by atoms with van der Waals surface area (Å²) in [6, 6.07) is 4.89. The van der Waals surface area contributed by atoms with Crippen LogP contribution in [0.5, 0.6) is 0 Å². The molecule has 120 valence electrons. The zero-order valence-corrected chi connectivity index (χ0v) is 13.7. The highest BCUT2D eigenvalue weighted by atomic mass is 16.5. The van der Waals surface area contributed by atoms with Crippen molar-refractivity contribution in [1.82, 2.24) is 0 Å². The van der Waals surface area contributed by atoms with Gasteiger partial charge in [-0.1, -0.05) is 19.9 Å². The number of nitrogens with one attached hydrogen (secondary N) is 1. The average molecular weight is 304 g/mol. The first kappa shape index (κ1) is 16.3. The molecule has 22 heavy (non-hydrogen) atoms. The molecule has 2 atom stereocenters. The minimum absolute atomic E-state index is 0.0835. The summed E-state index contributed by atoms with van der Waals surface area (Å²) in [6.45, 7) is 8.00. The summed E-state index contributed by atoms with van der Waals surface area (Å²) in [5.74, 6) is -0.446. The Labute approximate surface area is 131 Å². The van der Waals surface area contributed by atoms with Crippen molar-refractivity contribution in [2.24, 2.45) is 0 Å². The minimum Gasteiger partial charge on any atom is -0.464 e. The highest BCUT2D eigenvalue weighted by Crippen LogP contribution is 2.34. The summed E-state index contributed by atoms with van der Waals surface area (Å²) >= 11 is 0. The second-order valence-electron chi connectivity index (χ2n) is 5.68. The summed E-state index contributed by atoms with van der Waals surface area (Å²) < 4.78 is 5.21. The van der Waals surface area contributed by atoms with Crippen LogP contribution in [0.3, 0.4) is 0 Å². The monoisotopic (exact) mass is 304 g/mol. The van der Waals surface area contributed by atoms with Crippen molar-refractivity contribution in [1.29, 1.82) is 0 Å². The van der Waals surface area contributed by atoms with E-state index in [-0.39, 0.29) is 17.9 Å². The molecular weight excluding hydrogens is 280 g/mol. The standard InChI is InChI=1S/C17H24N2O3/c1-5-9-22-17(21)12(4)19-15-8-7-11(3)10-14(15)18-13(6-2)16(19)20/h7-8,10,12-13,18H,5-6,9H2,1-4H3. The Morgan fingerprint density at radius 3 is 2.77 bits per heavy atom. The van der Waals surface area contributed by atoms with E-state index in [1.165, 1.54) is 0 Å². The normalized spacial score (nSPS) is 18.5. The van der Waals surface area contributed by atoms with Crippen LogP contribution < -0.4 is 10.2 Å². The van der Waals surface area contributed by atoms with Crippen LogP contribution >= 0.6 is 0 Å². The van der Waals surface area contributed by atoms with Crippen molar-refractivity contribution in [2.45, 2.75) is 52.6 Å². The molecular formula is C17H24N2O3. The average Bonchev–Trinajstić information content (AvgIpc) is 2.51. The maximum Gasteiger partial charge on any atom is 0.328 e. The molecule has 0 fully saturated rings. The summed E-state index contributed by atoms with van der Waals surface area (Å²) in [7, 11) is 0. The van der Waals surface area contributed by atoms with Crippen LogP contribution in [0.15, 0.2) is 18.2 Å². The smallest absolute Gasteiger partial charge is 0.328 e. The molecule has 0 aromatic heterocycles. The van der Waals surface area contributed by atoms with Crippen molar-refractivity contribution >= 4 is 23.3 Å². The number of benzene rings is 1. The highest BCUT2D eigenvalue weighted by Gasteiger charge is 2.37. The Morgan fingerprint density at radius 2 is 2.14 bits per heavy atom. The summed E-state index contributed by atoms with van der Waals surface area (Å²) in [5, 5.41) is 3.26. The van der Waals surface area contributed by atoms with Gasteiger partial charge in [0.1, 0.15) is 12.1 Å². The second kappa shape index (κ2) is 6.81. The number of aryl methyl sites for hydroxylation is 1. The summed E-state index contributed by atoms with van der Waals surface area (Å²) in [6.07, 6.45) is 1.43. The van der Waals surface area contributed by atoms with Crippen LogP contribution in [0.1, 0.15) is 39.2 Å². The largest absolute Gasteiger partial charge is 0.464 e. The van der Waals surface area contributed by atoms with Gasteiger partial charge in [-0.05, 0) is 44.4 Å². The molecule has 2 rings (SSSR count). The molecule has 1 amide bonds. The summed E-state index contributed by atoms with van der Waals surface area (Å²) in [5.41, 5.74) is 2.74. The quantitative estimate of drug-likeness (QED) is 0.850. The fourth-order valence-electron chi connectivity index (χ4n) is 2.62. The van der Waals surface area contributed by atoms with Crippen LogP contribution in [-0.2, 0) is 14.3 Å². The molecule has 0 saturated carbocycles. The molecule has 1 N–H and O–H groups in total. The molecule has 1 aliphatic rings. The Kier molecular flexibility index (Phi) is 5.06. The first-order valence-electron chi connectivity index (χ1n) is 7.86. The van der Waals surface area contributed by atoms with E-state index >= 15 is 0 Å². The number of amides is 1. The van der Waals surface area contributed by atoms with E-state index in [1.807, 2.05) is 39.0 Å². The zero-order valence-electron chi connectivity index (χ0n) is 13.7. The number of rotatable bonds is 5. The van der Waals surface area contributed by atoms with Gasteiger partial charge in [-0.2, -0.15) is 0 Å². The van der Waals surface area contributed by atoms with Gasteiger partial charge in [0.15, 0.2) is 0 Å². The molecule has 0 bridgehead atoms. The Balaban J connectivity index is 2.35. The van der Waals surface area contributed by atoms with E-state index in [1.54, 1.807) is 11.8 Å². The number of fused-ring (bicyclic) bond motifs is 1. The van der Waals surface area contributed by atoms with E-state index in [9.17, 15) is 9.59 Å². The fraction of sp³-hybridized carbons (Fsp3) is 0.529. The van der Waals surface area contributed by atoms with Crippen LogP contribution in [0.2, 0.25) is 0 Å². The predicted molar refractivity (Wildman–Crippen MR) is 87.1 cm³/mol. The lowest BCUT2D eigenvalue weighted by Gasteiger charge is -2.37. The Hall–Kier alpha value is -2.04. The van der Waals surface area contributed by atoms with E-state index in [0.29, 0.717) is 13.0 Å². The minimum atomic E-state index is -0.628. The molecule has 0 radical (unpaired) electrons. The molecule has 1 aliphatic heterocycles. The maximum absolute atomic E-state index is 12.7. The Bertz CT molecular complexity index is 571. The SMILES string of the molecule is CCCOC(=O)C(C)N1C(=O)C(CC)Nc2cc(C)ccc21. The molecule has 5 nitrogen and oxygen atoms in total. The van der Waals surface area contributed by atoms with Crippen molar-refractivity contribution in [3.63, 3.8) is 0 Å². The molecule has 1 heterocycles. The lowest BCUT2D eigenvalue weighted by atomic mass is 10.0. The molecule has 5 heteroatoms. The zero-order chi connectivity index (χ0) is 16.3. The summed E-state index contributed by atoms with van der Waals surface area (Å²) in [4.78, 5) is 26.4. The first-order chi connectivity index (χ1) is 10.5. The number of carbonyl (C=O) groups excluding carboxylic acids is 2. The second-order valence-corrected chi connectivity index (χ2v) is 5.68. The van der Waals surface area contributed by atoms with Gasteiger partial charge in [0, 0.05) is 0 Å². The van der Waals surface area contributed by atoms with E-state index in [4.69, 9.17) is 4.74 Å². The van der Waals surface area contributed by atoms with Crippen LogP contribution in [0.25, 0.3) is 0 Å². The number of hydrogen-bond acceptors (Lipinski definition) is 4. The van der Waals surface area contributed by atoms with Crippen molar-refractivity contribution in [3.8, 4) is 0 Å². The van der Waals surface area contributed by atoms with Gasteiger partial charge in [0.05, 0.1) is 18.0 Å². The van der Waals surface area contributed by atoms with E-state index in [2.05, 4.69) is 5.32 Å². The van der Waals surface area contributed by atoms with Gasteiger partial charge >= 0.3 is 5.97 Å². The van der Waals surface area contributed by atoms with Gasteiger partial charge in [-0.15, -0.1) is 0 Å². The Morgan fingerprint density at radius 1 is 1.41 bits per heavy atom. The number of anilines is 2. The molecule has 1 aromatic rings. The van der Waals surface area contributed by atoms with Crippen LogP contribution in [0.4, 0.5) is 11.4 Å². The van der Waals surface area contributed by atoms with Crippen LogP contribution in [0, 0.1) is 6.92 Å². The van der Waals surface area contributed by atoms with Gasteiger partial charge in [0.25, 0.3) is 0 Å². The van der Waals surface area contributed by atoms with Gasteiger partial charge in [0.2, 0.25) is 5.91 Å². The molecule has 1 aromatic carbocycles. The predicted octanol–water partition coefficient (Wildman–Crippen LogP) is 2.87. The topological polar surface area (TPSA) is 58.6 Å². The van der Waals surface area contributed by atoms with Gasteiger partial charge in [-0.25, -0.2) is 4.79 Å². The number of esters is 1. The number of hydrogen-bond donors (Lipinski definition) is 1. The van der Waals surface area contributed by atoms with Gasteiger partial charge in [-0.3, -0.25) is 9.69 Å². The fourth-order valence-corrected chi connectivity index (χ4v) is 2.62. The highest BCUT2D eigenvalue weighted by molar-refractivity contribution is 6.08. The lowest BCUT2D eigenvalue weighted by molar-refractivity contribution is -0.146. The molecule has 2 unspecified atom stereocenters. The molecule has 0 aliphatic carbocycles. The number of nitrogens with zero attached hydrogens (tertiary/aromatic N) is 1. The van der Waals surface area contributed by atoms with Crippen molar-refractivity contribution < 1.29 is 14.3 Å². The molecule has 0 spiro atoms. The third kappa shape index (κ3) is 3.08. The van der Waals surface area contributed by atoms with Gasteiger partial charge < -0.3 is 10.1 Å². The third-order valence-electron chi connectivity index (χ3n) is 3.86.